The summed E-state index contributed by atoms with van der Waals surface area (Å²) in [6, 6.07) is 7.84. The van der Waals surface area contributed by atoms with Gasteiger partial charge in [0.2, 0.25) is 0 Å². The van der Waals surface area contributed by atoms with Crippen LogP contribution in [0.1, 0.15) is 36.8 Å². The fourth-order valence-corrected chi connectivity index (χ4v) is 4.23. The molecule has 3 heterocycles. The van der Waals surface area contributed by atoms with Crippen LogP contribution >= 0.6 is 0 Å². The zero-order chi connectivity index (χ0) is 14.1. The Hall–Kier alpha value is -1.06. The topological polar surface area (TPSA) is 18.5 Å². The van der Waals surface area contributed by atoms with Gasteiger partial charge in [-0.2, -0.15) is 0 Å². The van der Waals surface area contributed by atoms with Gasteiger partial charge in [-0.25, -0.2) is 0 Å². The van der Waals surface area contributed by atoms with Gasteiger partial charge in [-0.1, -0.05) is 18.6 Å². The van der Waals surface area contributed by atoms with Crippen LogP contribution in [0.5, 0.6) is 0 Å². The quantitative estimate of drug-likeness (QED) is 0.921. The molecule has 114 valence electrons. The number of hydrogen-bond donors (Lipinski definition) is 1. The summed E-state index contributed by atoms with van der Waals surface area (Å²) in [5.41, 5.74) is 4.34. The van der Waals surface area contributed by atoms with Gasteiger partial charge >= 0.3 is 0 Å². The Bertz CT molecular complexity index is 493. The molecule has 0 aromatic heterocycles. The van der Waals surface area contributed by atoms with E-state index in [0.29, 0.717) is 0 Å². The van der Waals surface area contributed by atoms with Gasteiger partial charge < -0.3 is 5.32 Å². The summed E-state index contributed by atoms with van der Waals surface area (Å²) < 4.78 is 0. The largest absolute Gasteiger partial charge is 0.384 e. The third-order valence-electron chi connectivity index (χ3n) is 5.44. The summed E-state index contributed by atoms with van der Waals surface area (Å²) in [6.07, 6.45) is 6.81. The third kappa shape index (κ3) is 2.95. The number of piperidine rings is 1. The lowest BCUT2D eigenvalue weighted by Gasteiger charge is -2.32. The van der Waals surface area contributed by atoms with Gasteiger partial charge in [0.15, 0.2) is 0 Å². The molecule has 3 nitrogen and oxygen atoms in total. The van der Waals surface area contributed by atoms with Crippen LogP contribution in [0, 0.1) is 0 Å². The van der Waals surface area contributed by atoms with E-state index in [1.165, 1.54) is 75.1 Å². The SMILES string of the molecule is c1cc2c(cc1CN1CCC(N3CCCCC3)C1)NCC2. The van der Waals surface area contributed by atoms with E-state index in [4.69, 9.17) is 0 Å². The maximum atomic E-state index is 3.50. The first-order valence-corrected chi connectivity index (χ1v) is 8.70. The van der Waals surface area contributed by atoms with Crippen LogP contribution < -0.4 is 5.32 Å². The van der Waals surface area contributed by atoms with Gasteiger partial charge in [0, 0.05) is 37.9 Å². The Morgan fingerprint density at radius 3 is 2.90 bits per heavy atom. The Kier molecular flexibility index (Phi) is 3.87. The fraction of sp³-hybridized carbons (Fsp3) is 0.667. The third-order valence-corrected chi connectivity index (χ3v) is 5.44. The minimum absolute atomic E-state index is 0.817. The molecule has 0 saturated carbocycles. The van der Waals surface area contributed by atoms with E-state index in [-0.39, 0.29) is 0 Å². The highest BCUT2D eigenvalue weighted by Crippen LogP contribution is 2.26. The van der Waals surface area contributed by atoms with Crippen molar-refractivity contribution in [3.63, 3.8) is 0 Å². The van der Waals surface area contributed by atoms with Crippen LogP contribution in [0.4, 0.5) is 5.69 Å². The molecule has 0 aliphatic carbocycles. The Morgan fingerprint density at radius 1 is 1.10 bits per heavy atom. The predicted molar refractivity (Wildman–Crippen MR) is 87.7 cm³/mol. The molecule has 2 saturated heterocycles. The van der Waals surface area contributed by atoms with E-state index >= 15 is 0 Å². The number of likely N-dealkylation sites (tertiary alicyclic amines) is 2. The lowest BCUT2D eigenvalue weighted by atomic mass is 10.1. The van der Waals surface area contributed by atoms with Gasteiger partial charge in [0.25, 0.3) is 0 Å². The molecule has 3 aliphatic heterocycles. The van der Waals surface area contributed by atoms with E-state index in [0.717, 1.165) is 19.1 Å². The average Bonchev–Trinajstić information content (AvgIpc) is 3.17. The molecule has 1 N–H and O–H groups in total. The number of anilines is 1. The molecule has 3 aliphatic rings. The first-order valence-electron chi connectivity index (χ1n) is 8.70. The highest BCUT2D eigenvalue weighted by Gasteiger charge is 2.28. The van der Waals surface area contributed by atoms with Gasteiger partial charge in [-0.3, -0.25) is 9.80 Å². The minimum atomic E-state index is 0.817. The second-order valence-corrected chi connectivity index (χ2v) is 6.94. The van der Waals surface area contributed by atoms with E-state index in [1.807, 2.05) is 0 Å². The molecule has 1 aromatic rings. The highest BCUT2D eigenvalue weighted by molar-refractivity contribution is 5.57. The molecule has 0 bridgehead atoms. The summed E-state index contributed by atoms with van der Waals surface area (Å²) in [5.74, 6) is 0. The molecular formula is C18H27N3. The first-order chi connectivity index (χ1) is 10.4. The lowest BCUT2D eigenvalue weighted by Crippen LogP contribution is -2.40. The Balaban J connectivity index is 1.35. The molecule has 3 heteroatoms. The van der Waals surface area contributed by atoms with Crippen LogP contribution in [-0.2, 0) is 13.0 Å². The van der Waals surface area contributed by atoms with Crippen molar-refractivity contribution in [2.75, 3.05) is 38.0 Å². The van der Waals surface area contributed by atoms with Crippen LogP contribution in [-0.4, -0.2) is 48.6 Å². The molecule has 0 spiro atoms. The van der Waals surface area contributed by atoms with E-state index in [9.17, 15) is 0 Å². The number of hydrogen-bond acceptors (Lipinski definition) is 3. The van der Waals surface area contributed by atoms with Crippen molar-refractivity contribution in [2.24, 2.45) is 0 Å². The summed E-state index contributed by atoms with van der Waals surface area (Å²) in [6.45, 7) is 7.44. The van der Waals surface area contributed by atoms with Gasteiger partial charge in [-0.15, -0.1) is 0 Å². The Labute approximate surface area is 128 Å². The van der Waals surface area contributed by atoms with E-state index in [2.05, 4.69) is 33.3 Å². The highest BCUT2D eigenvalue weighted by atomic mass is 15.3. The van der Waals surface area contributed by atoms with Gasteiger partial charge in [0.1, 0.15) is 0 Å². The molecule has 2 fully saturated rings. The average molecular weight is 285 g/mol. The second kappa shape index (κ2) is 5.98. The summed E-state index contributed by atoms with van der Waals surface area (Å²) in [4.78, 5) is 5.39. The standard InChI is InChI=1S/C18H27N3/c1-2-9-21(10-3-1)17-7-11-20(14-17)13-15-4-5-16-6-8-19-18(16)12-15/h4-5,12,17,19H,1-3,6-11,13-14H2. The van der Waals surface area contributed by atoms with Crippen molar-refractivity contribution >= 4 is 5.69 Å². The minimum Gasteiger partial charge on any atom is -0.384 e. The normalized spacial score (nSPS) is 26.8. The maximum Gasteiger partial charge on any atom is 0.0376 e. The van der Waals surface area contributed by atoms with Crippen molar-refractivity contribution in [3.8, 4) is 0 Å². The molecule has 0 radical (unpaired) electrons. The monoisotopic (exact) mass is 285 g/mol. The molecule has 1 unspecified atom stereocenters. The van der Waals surface area contributed by atoms with Crippen LogP contribution in [0.25, 0.3) is 0 Å². The van der Waals surface area contributed by atoms with Gasteiger partial charge in [0.05, 0.1) is 0 Å². The van der Waals surface area contributed by atoms with E-state index < -0.39 is 0 Å². The molecule has 1 aromatic carbocycles. The molecule has 0 amide bonds. The maximum absolute atomic E-state index is 3.50. The zero-order valence-electron chi connectivity index (χ0n) is 13.0. The lowest BCUT2D eigenvalue weighted by molar-refractivity contribution is 0.161. The first kappa shape index (κ1) is 13.6. The predicted octanol–water partition coefficient (Wildman–Crippen LogP) is 2.71. The van der Waals surface area contributed by atoms with Crippen LogP contribution in [0.3, 0.4) is 0 Å². The smallest absolute Gasteiger partial charge is 0.0376 e. The fourth-order valence-electron chi connectivity index (χ4n) is 4.23. The summed E-state index contributed by atoms with van der Waals surface area (Å²) in [5, 5.41) is 3.50. The summed E-state index contributed by atoms with van der Waals surface area (Å²) in [7, 11) is 0. The van der Waals surface area contributed by atoms with Crippen molar-refractivity contribution < 1.29 is 0 Å². The molecule has 21 heavy (non-hydrogen) atoms. The Morgan fingerprint density at radius 2 is 2.00 bits per heavy atom. The number of benzene rings is 1. The molecular weight excluding hydrogens is 258 g/mol. The van der Waals surface area contributed by atoms with Crippen molar-refractivity contribution in [1.82, 2.24) is 9.80 Å². The van der Waals surface area contributed by atoms with Crippen LogP contribution in [0.2, 0.25) is 0 Å². The number of nitrogens with one attached hydrogen (secondary N) is 1. The van der Waals surface area contributed by atoms with Crippen molar-refractivity contribution in [3.05, 3.63) is 29.3 Å². The second-order valence-electron chi connectivity index (χ2n) is 6.94. The molecule has 1 atom stereocenters. The van der Waals surface area contributed by atoms with Gasteiger partial charge in [-0.05, 0) is 56.0 Å². The van der Waals surface area contributed by atoms with E-state index in [1.54, 1.807) is 0 Å². The number of nitrogens with zero attached hydrogens (tertiary/aromatic N) is 2. The summed E-state index contributed by atoms with van der Waals surface area (Å²) >= 11 is 0. The zero-order valence-corrected chi connectivity index (χ0v) is 13.0. The number of fused-ring (bicyclic) bond motifs is 1. The van der Waals surface area contributed by atoms with Crippen molar-refractivity contribution in [2.45, 2.75) is 44.7 Å². The van der Waals surface area contributed by atoms with Crippen molar-refractivity contribution in [1.29, 1.82) is 0 Å². The van der Waals surface area contributed by atoms with Crippen LogP contribution in [0.15, 0.2) is 18.2 Å². The number of rotatable bonds is 3. The molecule has 4 rings (SSSR count).